The minimum atomic E-state index is -1.27. The van der Waals surface area contributed by atoms with Crippen LogP contribution in [0.3, 0.4) is 0 Å². The lowest BCUT2D eigenvalue weighted by molar-refractivity contribution is -0.163. The number of carboxylic acid groups (broad SMARTS) is 2. The van der Waals surface area contributed by atoms with Gasteiger partial charge in [0.25, 0.3) is 0 Å². The molecule has 0 spiro atoms. The van der Waals surface area contributed by atoms with Crippen molar-refractivity contribution in [1.29, 1.82) is 0 Å². The summed E-state index contributed by atoms with van der Waals surface area (Å²) in [6, 6.07) is 21.0. The number of fused-ring (bicyclic) bond motifs is 2. The highest BCUT2D eigenvalue weighted by molar-refractivity contribution is 5.95. The molecule has 3 heterocycles. The van der Waals surface area contributed by atoms with Crippen molar-refractivity contribution in [1.82, 2.24) is 10.6 Å². The number of aliphatic carboxylic acids is 2. The summed E-state index contributed by atoms with van der Waals surface area (Å²) >= 11 is 0. The maximum Gasteiger partial charge on any atom is 0.330 e. The van der Waals surface area contributed by atoms with Crippen LogP contribution in [0, 0.1) is 11.8 Å². The third-order valence-electron chi connectivity index (χ3n) is 9.43. The lowest BCUT2D eigenvalue weighted by Gasteiger charge is -2.25. The zero-order chi connectivity index (χ0) is 39.9. The Kier molecular flexibility index (Phi) is 12.6. The summed E-state index contributed by atoms with van der Waals surface area (Å²) in [6.07, 6.45) is 0.132. The summed E-state index contributed by atoms with van der Waals surface area (Å²) in [4.78, 5) is 52.2. The van der Waals surface area contributed by atoms with Crippen LogP contribution in [0.5, 0.6) is 11.5 Å². The molecule has 2 aromatic heterocycles. The first-order valence-electron chi connectivity index (χ1n) is 18.6. The second kappa shape index (κ2) is 17.7. The van der Waals surface area contributed by atoms with Crippen molar-refractivity contribution in [3.05, 3.63) is 96.4 Å². The minimum Gasteiger partial charge on any atom is -0.480 e. The van der Waals surface area contributed by atoms with Gasteiger partial charge in [0.05, 0.1) is 0 Å². The van der Waals surface area contributed by atoms with Crippen LogP contribution in [-0.2, 0) is 36.8 Å². The van der Waals surface area contributed by atoms with Crippen LogP contribution < -0.4 is 20.1 Å². The Morgan fingerprint density at radius 2 is 1.20 bits per heavy atom. The Bertz CT molecular complexity index is 2180. The number of benzene rings is 3. The van der Waals surface area contributed by atoms with Gasteiger partial charge < -0.3 is 33.3 Å². The molecule has 0 radical (unpaired) electrons. The van der Waals surface area contributed by atoms with Crippen molar-refractivity contribution in [2.45, 2.75) is 77.5 Å². The second-order valence-corrected chi connectivity index (χ2v) is 14.8. The summed E-state index contributed by atoms with van der Waals surface area (Å²) in [5.74, 6) is -1.55. The van der Waals surface area contributed by atoms with Crippen molar-refractivity contribution in [3.63, 3.8) is 0 Å². The first-order chi connectivity index (χ1) is 26.8. The Labute approximate surface area is 323 Å². The highest BCUT2D eigenvalue weighted by Crippen LogP contribution is 2.36. The standard InChI is InChI=1S/C43H46N2O11/c1-24(2)18-34(44-32(40(46)47)21-28-13-16-36(54-28)27-12-15-38-39(20-27)53-23-52-38)42(50)56-43(51)35(19-25(3)4)45-33(41(48)49)22-29-14-17-37(55-29)31-11-7-9-26-8-5-6-10-30(26)31/h5-17,20,24-25,32-35,44-45H,18-19,21-23H2,1-4H3,(H,46,47)(H,48,49). The first-order valence-corrected chi connectivity index (χ1v) is 18.6. The normalized spacial score (nSPS) is 14.5. The molecular weight excluding hydrogens is 720 g/mol. The molecule has 13 nitrogen and oxygen atoms in total. The van der Waals surface area contributed by atoms with Crippen LogP contribution in [-0.4, -0.2) is 65.1 Å². The van der Waals surface area contributed by atoms with Crippen LogP contribution in [0.2, 0.25) is 0 Å². The van der Waals surface area contributed by atoms with Gasteiger partial charge in [0.15, 0.2) is 11.5 Å². The molecule has 6 rings (SSSR count). The number of hydrogen-bond acceptors (Lipinski definition) is 11. The molecule has 294 valence electrons. The highest BCUT2D eigenvalue weighted by atomic mass is 16.7. The molecule has 4 N–H and O–H groups in total. The first kappa shape index (κ1) is 39.8. The van der Waals surface area contributed by atoms with Crippen LogP contribution in [0.15, 0.2) is 93.8 Å². The van der Waals surface area contributed by atoms with Gasteiger partial charge in [-0.25, -0.2) is 9.59 Å². The monoisotopic (exact) mass is 766 g/mol. The summed E-state index contributed by atoms with van der Waals surface area (Å²) in [5, 5.41) is 28.1. The van der Waals surface area contributed by atoms with Gasteiger partial charge in [-0.15, -0.1) is 0 Å². The topological polar surface area (TPSA) is 187 Å². The number of carbonyl (C=O) groups excluding carboxylic acids is 2. The van der Waals surface area contributed by atoms with Gasteiger partial charge in [-0.1, -0.05) is 70.2 Å². The molecule has 4 unspecified atom stereocenters. The SMILES string of the molecule is CC(C)CC(NC(Cc1ccc(-c2ccc3c(c2)OCO3)o1)C(=O)O)C(=O)OC(=O)C(CC(C)C)NC(Cc1ccc(-c2cccc3ccccc23)o1)C(=O)O. The van der Waals surface area contributed by atoms with E-state index in [-0.39, 0.29) is 44.3 Å². The number of carbonyl (C=O) groups is 4. The molecule has 0 bridgehead atoms. The van der Waals surface area contributed by atoms with E-state index in [0.29, 0.717) is 40.1 Å². The fourth-order valence-electron chi connectivity index (χ4n) is 6.74. The van der Waals surface area contributed by atoms with Crippen LogP contribution in [0.4, 0.5) is 0 Å². The molecular formula is C43H46N2O11. The Morgan fingerprint density at radius 1 is 0.643 bits per heavy atom. The average molecular weight is 767 g/mol. The van der Waals surface area contributed by atoms with E-state index in [1.165, 1.54) is 0 Å². The van der Waals surface area contributed by atoms with Gasteiger partial charge in [0.1, 0.15) is 47.2 Å². The maximum atomic E-state index is 13.6. The molecule has 3 aromatic carbocycles. The molecule has 0 amide bonds. The molecule has 0 fully saturated rings. The second-order valence-electron chi connectivity index (χ2n) is 14.8. The summed E-state index contributed by atoms with van der Waals surface area (Å²) in [6.45, 7) is 7.54. The third-order valence-corrected chi connectivity index (χ3v) is 9.43. The van der Waals surface area contributed by atoms with Gasteiger partial charge in [-0.05, 0) is 77.9 Å². The van der Waals surface area contributed by atoms with E-state index in [0.717, 1.165) is 16.3 Å². The van der Waals surface area contributed by atoms with Crippen molar-refractivity contribution >= 4 is 34.6 Å². The number of rotatable bonds is 18. The Balaban J connectivity index is 1.12. The van der Waals surface area contributed by atoms with E-state index in [9.17, 15) is 29.4 Å². The number of carboxylic acids is 2. The van der Waals surface area contributed by atoms with Gasteiger partial charge in [0.2, 0.25) is 6.79 Å². The fraction of sp³-hybridized carbons (Fsp3) is 0.349. The minimum absolute atomic E-state index is 0.0806. The molecule has 1 aliphatic heterocycles. The summed E-state index contributed by atoms with van der Waals surface area (Å²) < 4.78 is 28.3. The zero-order valence-electron chi connectivity index (χ0n) is 31.7. The van der Waals surface area contributed by atoms with E-state index in [4.69, 9.17) is 23.0 Å². The van der Waals surface area contributed by atoms with Gasteiger partial charge in [-0.2, -0.15) is 0 Å². The predicted octanol–water partition coefficient (Wildman–Crippen LogP) is 6.86. The maximum absolute atomic E-state index is 13.6. The molecule has 1 aliphatic rings. The van der Waals surface area contributed by atoms with Gasteiger partial charge >= 0.3 is 23.9 Å². The molecule has 5 aromatic rings. The van der Waals surface area contributed by atoms with Crippen LogP contribution >= 0.6 is 0 Å². The lowest BCUT2D eigenvalue weighted by Crippen LogP contribution is -2.52. The number of hydrogen-bond donors (Lipinski definition) is 4. The smallest absolute Gasteiger partial charge is 0.330 e. The lowest BCUT2D eigenvalue weighted by atomic mass is 10.0. The van der Waals surface area contributed by atoms with E-state index in [2.05, 4.69) is 10.6 Å². The van der Waals surface area contributed by atoms with E-state index < -0.39 is 48.0 Å². The van der Waals surface area contributed by atoms with E-state index in [1.807, 2.05) is 70.2 Å². The van der Waals surface area contributed by atoms with Gasteiger partial charge in [-0.3, -0.25) is 20.2 Å². The van der Waals surface area contributed by atoms with Crippen LogP contribution in [0.1, 0.15) is 52.1 Å². The third kappa shape index (κ3) is 9.84. The Morgan fingerprint density at radius 3 is 1.80 bits per heavy atom. The molecule has 4 atom stereocenters. The molecule has 56 heavy (non-hydrogen) atoms. The molecule has 0 saturated heterocycles. The number of esters is 2. The van der Waals surface area contributed by atoms with Crippen molar-refractivity contribution in [3.8, 4) is 34.1 Å². The molecule has 0 aliphatic carbocycles. The Hall–Kier alpha value is -5.92. The molecule has 13 heteroatoms. The number of nitrogens with one attached hydrogen (secondary N) is 2. The highest BCUT2D eigenvalue weighted by Gasteiger charge is 2.34. The van der Waals surface area contributed by atoms with Crippen LogP contribution in [0.25, 0.3) is 33.4 Å². The van der Waals surface area contributed by atoms with Crippen molar-refractivity contribution in [2.24, 2.45) is 11.8 Å². The van der Waals surface area contributed by atoms with Crippen molar-refractivity contribution < 1.29 is 52.4 Å². The fourth-order valence-corrected chi connectivity index (χ4v) is 6.74. The van der Waals surface area contributed by atoms with Crippen molar-refractivity contribution in [2.75, 3.05) is 6.79 Å². The summed E-state index contributed by atoms with van der Waals surface area (Å²) in [7, 11) is 0. The average Bonchev–Trinajstić information content (AvgIpc) is 3.94. The zero-order valence-corrected chi connectivity index (χ0v) is 31.7. The quantitative estimate of drug-likeness (QED) is 0.0536. The predicted molar refractivity (Wildman–Crippen MR) is 206 cm³/mol. The van der Waals surface area contributed by atoms with E-state index in [1.54, 1.807) is 42.5 Å². The summed E-state index contributed by atoms with van der Waals surface area (Å²) in [5.41, 5.74) is 1.57. The number of ether oxygens (including phenoxy) is 3. The van der Waals surface area contributed by atoms with E-state index >= 15 is 0 Å². The number of furan rings is 2. The largest absolute Gasteiger partial charge is 0.480 e. The van der Waals surface area contributed by atoms with Gasteiger partial charge in [0, 0.05) is 24.0 Å². The molecule has 0 saturated carbocycles.